The molecule has 134 valence electrons. The van der Waals surface area contributed by atoms with Crippen molar-refractivity contribution in [2.24, 2.45) is 0 Å². The molecule has 2 unspecified atom stereocenters. The van der Waals surface area contributed by atoms with Crippen molar-refractivity contribution in [1.29, 1.82) is 0 Å². The van der Waals surface area contributed by atoms with Gasteiger partial charge in [0.05, 0.1) is 19.3 Å². The Morgan fingerprint density at radius 3 is 2.42 bits per heavy atom. The quantitative estimate of drug-likeness (QED) is 0.191. The lowest BCUT2D eigenvalue weighted by molar-refractivity contribution is -0.134. The lowest BCUT2D eigenvalue weighted by Crippen LogP contribution is -2.32. The van der Waals surface area contributed by atoms with E-state index in [0.717, 1.165) is 7.11 Å². The van der Waals surface area contributed by atoms with Crippen LogP contribution in [0.15, 0.2) is 24.3 Å². The second-order valence-electron chi connectivity index (χ2n) is 4.61. The molecule has 0 aliphatic rings. The van der Waals surface area contributed by atoms with Gasteiger partial charge in [0, 0.05) is 7.11 Å². The van der Waals surface area contributed by atoms with Crippen LogP contribution in [0.5, 0.6) is 5.75 Å². The van der Waals surface area contributed by atoms with Crippen LogP contribution in [-0.2, 0) is 28.6 Å². The number of ether oxygens (including phenoxy) is 2. The van der Waals surface area contributed by atoms with Crippen LogP contribution in [0.3, 0.4) is 0 Å². The zero-order valence-corrected chi connectivity index (χ0v) is 14.0. The van der Waals surface area contributed by atoms with Crippen molar-refractivity contribution < 1.29 is 36.8 Å². The van der Waals surface area contributed by atoms with E-state index in [1.54, 1.807) is 0 Å². The fraction of sp³-hybridized carbons (Fsp3) is 0.429. The minimum absolute atomic E-state index is 0.190. The van der Waals surface area contributed by atoms with Gasteiger partial charge in [-0.2, -0.15) is 8.42 Å². The number of esters is 1. The Bertz CT molecular complexity index is 643. The average Bonchev–Trinajstić information content (AvgIpc) is 2.58. The maximum atomic E-state index is 11.6. The molecule has 0 saturated carbocycles. The van der Waals surface area contributed by atoms with Crippen molar-refractivity contribution in [3.63, 3.8) is 0 Å². The number of hydrogen-bond acceptors (Lipinski definition) is 8. The number of aliphatic hydroxyl groups is 1. The van der Waals surface area contributed by atoms with Gasteiger partial charge >= 0.3 is 5.97 Å². The largest absolute Gasteiger partial charge is 0.427 e. The first-order valence-electron chi connectivity index (χ1n) is 6.82. The number of hydrogen-bond donors (Lipinski definition) is 2. The Morgan fingerprint density at radius 2 is 1.92 bits per heavy atom. The third kappa shape index (κ3) is 6.24. The third-order valence-corrected chi connectivity index (χ3v) is 4.27. The summed E-state index contributed by atoms with van der Waals surface area (Å²) in [5, 5.41) is 12.1. The molecule has 0 bridgehead atoms. The second kappa shape index (κ2) is 9.33. The van der Waals surface area contributed by atoms with E-state index in [0.29, 0.717) is 12.0 Å². The molecular weight excluding hydrogens is 342 g/mol. The highest BCUT2D eigenvalue weighted by atomic mass is 32.2. The summed E-state index contributed by atoms with van der Waals surface area (Å²) in [5.74, 6) is -1.02. The standard InChI is InChI=1S/C14H19NO8S/c1-21-14(18)13(15-9-16)10-3-5-11(6-4-10)23-12(17)7-8-24(19,20)22-2/h3-6,9,13-14,18H,7-8H2,1-2H3,(H,15,16). The Hall–Kier alpha value is -2.01. The maximum Gasteiger partial charge on any atom is 0.312 e. The summed E-state index contributed by atoms with van der Waals surface area (Å²) in [7, 11) is -1.43. The molecule has 1 aromatic rings. The van der Waals surface area contributed by atoms with E-state index < -0.39 is 34.2 Å². The highest BCUT2D eigenvalue weighted by Crippen LogP contribution is 2.21. The Balaban J connectivity index is 2.69. The maximum absolute atomic E-state index is 11.6. The molecule has 0 radical (unpaired) electrons. The van der Waals surface area contributed by atoms with Gasteiger partial charge in [-0.05, 0) is 17.7 Å². The van der Waals surface area contributed by atoms with Crippen LogP contribution in [0.1, 0.15) is 18.0 Å². The number of benzene rings is 1. The van der Waals surface area contributed by atoms with Gasteiger partial charge in [-0.3, -0.25) is 13.8 Å². The second-order valence-corrected chi connectivity index (χ2v) is 6.47. The topological polar surface area (TPSA) is 128 Å². The summed E-state index contributed by atoms with van der Waals surface area (Å²) >= 11 is 0. The van der Waals surface area contributed by atoms with Crippen molar-refractivity contribution in [3.8, 4) is 5.75 Å². The highest BCUT2D eigenvalue weighted by molar-refractivity contribution is 7.86. The number of methoxy groups -OCH3 is 1. The SMILES string of the molecule is COC(O)C(NC=O)c1ccc(OC(=O)CCS(=O)(=O)OC)cc1. The Morgan fingerprint density at radius 1 is 1.29 bits per heavy atom. The van der Waals surface area contributed by atoms with Gasteiger partial charge in [0.25, 0.3) is 10.1 Å². The summed E-state index contributed by atoms with van der Waals surface area (Å²) < 4.78 is 36.2. The van der Waals surface area contributed by atoms with Crippen molar-refractivity contribution in [1.82, 2.24) is 5.32 Å². The molecule has 2 N–H and O–H groups in total. The molecule has 0 aromatic heterocycles. The van der Waals surface area contributed by atoms with Gasteiger partial charge in [0.15, 0.2) is 6.29 Å². The smallest absolute Gasteiger partial charge is 0.312 e. The summed E-state index contributed by atoms with van der Waals surface area (Å²) in [5.41, 5.74) is 0.526. The Kier molecular flexibility index (Phi) is 7.79. The molecule has 1 amide bonds. The van der Waals surface area contributed by atoms with Crippen LogP contribution in [-0.4, -0.2) is 52.2 Å². The molecule has 24 heavy (non-hydrogen) atoms. The van der Waals surface area contributed by atoms with Gasteiger partial charge in [-0.25, -0.2) is 0 Å². The van der Waals surface area contributed by atoms with Crippen molar-refractivity contribution in [2.45, 2.75) is 18.8 Å². The summed E-state index contributed by atoms with van der Waals surface area (Å²) in [6.45, 7) is 0. The molecule has 0 aliphatic heterocycles. The minimum atomic E-state index is -3.73. The lowest BCUT2D eigenvalue weighted by Gasteiger charge is -2.21. The van der Waals surface area contributed by atoms with E-state index in [9.17, 15) is 23.1 Å². The van der Waals surface area contributed by atoms with Crippen LogP contribution in [0.2, 0.25) is 0 Å². The molecular formula is C14H19NO8S. The number of aliphatic hydroxyl groups excluding tert-OH is 1. The monoisotopic (exact) mass is 361 g/mol. The normalized spacial score (nSPS) is 13.8. The van der Waals surface area contributed by atoms with Crippen molar-refractivity contribution in [2.75, 3.05) is 20.0 Å². The lowest BCUT2D eigenvalue weighted by atomic mass is 10.1. The first kappa shape index (κ1) is 20.0. The van der Waals surface area contributed by atoms with Crippen LogP contribution < -0.4 is 10.1 Å². The number of carbonyl (C=O) groups excluding carboxylic acids is 2. The molecule has 0 aliphatic carbocycles. The van der Waals surface area contributed by atoms with E-state index in [1.807, 2.05) is 0 Å². The molecule has 9 nitrogen and oxygen atoms in total. The van der Waals surface area contributed by atoms with E-state index in [-0.39, 0.29) is 12.2 Å². The molecule has 0 fully saturated rings. The summed E-state index contributed by atoms with van der Waals surface area (Å²) in [6, 6.07) is 5.15. The molecule has 0 heterocycles. The highest BCUT2D eigenvalue weighted by Gasteiger charge is 2.20. The van der Waals surface area contributed by atoms with Gasteiger partial charge in [0.2, 0.25) is 6.41 Å². The number of nitrogens with one attached hydrogen (secondary N) is 1. The van der Waals surface area contributed by atoms with Crippen molar-refractivity contribution in [3.05, 3.63) is 29.8 Å². The molecule has 0 spiro atoms. The zero-order chi connectivity index (χ0) is 18.2. The van der Waals surface area contributed by atoms with E-state index >= 15 is 0 Å². The Labute approximate surface area is 139 Å². The molecule has 1 aromatic carbocycles. The first-order valence-corrected chi connectivity index (χ1v) is 8.40. The predicted octanol–water partition coefficient (Wildman–Crippen LogP) is -0.290. The molecule has 2 atom stereocenters. The summed E-state index contributed by atoms with van der Waals surface area (Å²) in [6.07, 6.45) is -1.17. The van der Waals surface area contributed by atoms with Gasteiger partial charge in [-0.1, -0.05) is 12.1 Å². The first-order chi connectivity index (χ1) is 11.3. The third-order valence-electron chi connectivity index (χ3n) is 3.06. The number of amides is 1. The predicted molar refractivity (Wildman–Crippen MR) is 82.4 cm³/mol. The van der Waals surface area contributed by atoms with Gasteiger partial charge < -0.3 is 19.9 Å². The van der Waals surface area contributed by atoms with Crippen LogP contribution >= 0.6 is 0 Å². The van der Waals surface area contributed by atoms with E-state index in [2.05, 4.69) is 9.50 Å². The minimum Gasteiger partial charge on any atom is -0.427 e. The fourth-order valence-corrected chi connectivity index (χ4v) is 2.35. The van der Waals surface area contributed by atoms with E-state index in [4.69, 9.17) is 9.47 Å². The van der Waals surface area contributed by atoms with Crippen LogP contribution in [0.4, 0.5) is 0 Å². The fourth-order valence-electron chi connectivity index (χ4n) is 1.77. The zero-order valence-electron chi connectivity index (χ0n) is 13.2. The number of rotatable bonds is 10. The van der Waals surface area contributed by atoms with Crippen LogP contribution in [0, 0.1) is 0 Å². The number of carbonyl (C=O) groups is 2. The van der Waals surface area contributed by atoms with E-state index in [1.165, 1.54) is 31.4 Å². The molecule has 1 rings (SSSR count). The van der Waals surface area contributed by atoms with Gasteiger partial charge in [-0.15, -0.1) is 0 Å². The molecule has 0 saturated heterocycles. The average molecular weight is 361 g/mol. The van der Waals surface area contributed by atoms with Crippen molar-refractivity contribution >= 4 is 22.5 Å². The summed E-state index contributed by atoms with van der Waals surface area (Å²) in [4.78, 5) is 22.2. The molecule has 10 heteroatoms. The van der Waals surface area contributed by atoms with Gasteiger partial charge in [0.1, 0.15) is 11.8 Å². The van der Waals surface area contributed by atoms with Crippen LogP contribution in [0.25, 0.3) is 0 Å².